The van der Waals surface area contributed by atoms with Gasteiger partial charge in [0.05, 0.1) is 0 Å². The average Bonchev–Trinajstić information content (AvgIpc) is 2.78. The van der Waals surface area contributed by atoms with Gasteiger partial charge in [-0.3, -0.25) is 0 Å². The molecule has 3 rings (SSSR count). The molecule has 0 bridgehead atoms. The van der Waals surface area contributed by atoms with E-state index in [0.717, 1.165) is 35.3 Å². The predicted octanol–water partition coefficient (Wildman–Crippen LogP) is 4.85. The minimum atomic E-state index is 0.177. The number of nitrogens with one attached hydrogen (secondary N) is 1. The van der Waals surface area contributed by atoms with Crippen molar-refractivity contribution in [1.82, 2.24) is 5.32 Å². The third kappa shape index (κ3) is 3.46. The van der Waals surface area contributed by atoms with Crippen LogP contribution in [0.1, 0.15) is 59.1 Å². The van der Waals surface area contributed by atoms with Crippen molar-refractivity contribution >= 4 is 11.0 Å². The van der Waals surface area contributed by atoms with E-state index in [0.29, 0.717) is 18.1 Å². The molecule has 0 atom stereocenters. The number of hydrogen-bond donors (Lipinski definition) is 1. The van der Waals surface area contributed by atoms with Gasteiger partial charge in [-0.05, 0) is 51.8 Å². The van der Waals surface area contributed by atoms with E-state index in [1.54, 1.807) is 0 Å². The monoisotopic (exact) mass is 301 g/mol. The van der Waals surface area contributed by atoms with Gasteiger partial charge in [0.2, 0.25) is 0 Å². The lowest BCUT2D eigenvalue weighted by Crippen LogP contribution is -2.53. The molecule has 3 heteroatoms. The SMILES string of the molecule is CC(C)c1cc2ccc(OC3CC(NC(C)(C)C)C3)cc2o1. The average molecular weight is 301 g/mol. The Kier molecular flexibility index (Phi) is 3.94. The Bertz CT molecular complexity index is 645. The highest BCUT2D eigenvalue weighted by molar-refractivity contribution is 5.79. The van der Waals surface area contributed by atoms with Gasteiger partial charge >= 0.3 is 0 Å². The summed E-state index contributed by atoms with van der Waals surface area (Å²) >= 11 is 0. The zero-order chi connectivity index (χ0) is 15.9. The second kappa shape index (κ2) is 5.62. The molecule has 120 valence electrons. The predicted molar refractivity (Wildman–Crippen MR) is 90.6 cm³/mol. The second-order valence-electron chi connectivity index (χ2n) is 7.81. The lowest BCUT2D eigenvalue weighted by molar-refractivity contribution is 0.0735. The Hall–Kier alpha value is -1.48. The molecule has 1 aliphatic carbocycles. The standard InChI is InChI=1S/C19H27NO2/c1-12(2)17-8-13-6-7-15(11-18(13)22-17)21-16-9-14(10-16)20-19(3,4)5/h6-8,11-12,14,16,20H,9-10H2,1-5H3. The molecule has 0 radical (unpaired) electrons. The van der Waals surface area contributed by atoms with Crippen LogP contribution in [0.3, 0.4) is 0 Å². The maximum absolute atomic E-state index is 6.07. The van der Waals surface area contributed by atoms with Crippen LogP contribution in [0.4, 0.5) is 0 Å². The minimum Gasteiger partial charge on any atom is -0.490 e. The molecule has 1 saturated carbocycles. The van der Waals surface area contributed by atoms with Crippen LogP contribution in [-0.4, -0.2) is 17.7 Å². The van der Waals surface area contributed by atoms with Crippen molar-refractivity contribution in [3.05, 3.63) is 30.0 Å². The molecule has 0 saturated heterocycles. The molecule has 22 heavy (non-hydrogen) atoms. The summed E-state index contributed by atoms with van der Waals surface area (Å²) in [5, 5.41) is 4.77. The van der Waals surface area contributed by atoms with Crippen LogP contribution >= 0.6 is 0 Å². The summed E-state index contributed by atoms with van der Waals surface area (Å²) in [5.41, 5.74) is 1.10. The van der Waals surface area contributed by atoms with Crippen molar-refractivity contribution < 1.29 is 9.15 Å². The zero-order valence-electron chi connectivity index (χ0n) is 14.3. The van der Waals surface area contributed by atoms with E-state index in [9.17, 15) is 0 Å². The van der Waals surface area contributed by atoms with Crippen LogP contribution in [0.2, 0.25) is 0 Å². The van der Waals surface area contributed by atoms with Crippen LogP contribution in [-0.2, 0) is 0 Å². The lowest BCUT2D eigenvalue weighted by atomic mass is 9.87. The van der Waals surface area contributed by atoms with Crippen molar-refractivity contribution in [2.75, 3.05) is 0 Å². The topological polar surface area (TPSA) is 34.4 Å². The van der Waals surface area contributed by atoms with Gasteiger partial charge in [0.1, 0.15) is 23.2 Å². The third-order valence-electron chi connectivity index (χ3n) is 4.11. The van der Waals surface area contributed by atoms with E-state index >= 15 is 0 Å². The summed E-state index contributed by atoms with van der Waals surface area (Å²) in [6, 6.07) is 8.85. The van der Waals surface area contributed by atoms with Crippen LogP contribution in [0.15, 0.2) is 28.7 Å². The first-order valence-corrected chi connectivity index (χ1v) is 8.28. The molecule has 0 spiro atoms. The normalized spacial score (nSPS) is 22.1. The van der Waals surface area contributed by atoms with Crippen molar-refractivity contribution in [3.63, 3.8) is 0 Å². The molecule has 1 fully saturated rings. The molecule has 1 N–H and O–H groups in total. The van der Waals surface area contributed by atoms with Crippen LogP contribution < -0.4 is 10.1 Å². The highest BCUT2D eigenvalue weighted by Gasteiger charge is 2.33. The Balaban J connectivity index is 1.61. The highest BCUT2D eigenvalue weighted by Crippen LogP contribution is 2.31. The Labute approximate surface area is 133 Å². The quantitative estimate of drug-likeness (QED) is 0.876. The van der Waals surface area contributed by atoms with Gasteiger partial charge in [-0.15, -0.1) is 0 Å². The molecular formula is C19H27NO2. The van der Waals surface area contributed by atoms with E-state index in [-0.39, 0.29) is 5.54 Å². The Morgan fingerprint density at radius 3 is 2.55 bits per heavy atom. The van der Waals surface area contributed by atoms with Gasteiger partial charge in [-0.1, -0.05) is 13.8 Å². The number of ether oxygens (including phenoxy) is 1. The van der Waals surface area contributed by atoms with E-state index in [1.165, 1.54) is 0 Å². The van der Waals surface area contributed by atoms with Gasteiger partial charge < -0.3 is 14.5 Å². The van der Waals surface area contributed by atoms with Crippen LogP contribution in [0.5, 0.6) is 5.75 Å². The summed E-state index contributed by atoms with van der Waals surface area (Å²) < 4.78 is 12.0. The smallest absolute Gasteiger partial charge is 0.137 e. The fourth-order valence-electron chi connectivity index (χ4n) is 2.97. The number of benzene rings is 1. The van der Waals surface area contributed by atoms with Gasteiger partial charge in [-0.25, -0.2) is 0 Å². The molecule has 1 aliphatic rings. The number of rotatable bonds is 4. The largest absolute Gasteiger partial charge is 0.490 e. The number of fused-ring (bicyclic) bond motifs is 1. The van der Waals surface area contributed by atoms with E-state index < -0.39 is 0 Å². The van der Waals surface area contributed by atoms with Crippen LogP contribution in [0, 0.1) is 0 Å². The third-order valence-corrected chi connectivity index (χ3v) is 4.11. The first-order valence-electron chi connectivity index (χ1n) is 8.28. The summed E-state index contributed by atoms with van der Waals surface area (Å²) in [6.45, 7) is 10.9. The van der Waals surface area contributed by atoms with Gasteiger partial charge in [0, 0.05) is 29.0 Å². The number of hydrogen-bond acceptors (Lipinski definition) is 3. The summed E-state index contributed by atoms with van der Waals surface area (Å²) in [4.78, 5) is 0. The van der Waals surface area contributed by atoms with Crippen molar-refractivity contribution in [2.24, 2.45) is 0 Å². The van der Waals surface area contributed by atoms with Crippen molar-refractivity contribution in [1.29, 1.82) is 0 Å². The molecule has 3 nitrogen and oxygen atoms in total. The summed E-state index contributed by atoms with van der Waals surface area (Å²) in [6.07, 6.45) is 2.46. The molecule has 0 aliphatic heterocycles. The van der Waals surface area contributed by atoms with Crippen molar-refractivity contribution in [3.8, 4) is 5.75 Å². The van der Waals surface area contributed by atoms with Gasteiger partial charge in [0.25, 0.3) is 0 Å². The van der Waals surface area contributed by atoms with E-state index in [4.69, 9.17) is 9.15 Å². The fourth-order valence-corrected chi connectivity index (χ4v) is 2.97. The minimum absolute atomic E-state index is 0.177. The zero-order valence-corrected chi connectivity index (χ0v) is 14.3. The molecule has 0 unspecified atom stereocenters. The summed E-state index contributed by atoms with van der Waals surface area (Å²) in [7, 11) is 0. The second-order valence-corrected chi connectivity index (χ2v) is 7.81. The summed E-state index contributed by atoms with van der Waals surface area (Å²) in [5.74, 6) is 2.36. The molecular weight excluding hydrogens is 274 g/mol. The molecule has 0 amide bonds. The van der Waals surface area contributed by atoms with Crippen LogP contribution in [0.25, 0.3) is 11.0 Å². The molecule has 1 heterocycles. The van der Waals surface area contributed by atoms with Crippen molar-refractivity contribution in [2.45, 2.75) is 71.1 Å². The maximum Gasteiger partial charge on any atom is 0.137 e. The highest BCUT2D eigenvalue weighted by atomic mass is 16.5. The maximum atomic E-state index is 6.07. The Morgan fingerprint density at radius 2 is 1.91 bits per heavy atom. The Morgan fingerprint density at radius 1 is 1.18 bits per heavy atom. The molecule has 1 aromatic heterocycles. The first-order chi connectivity index (χ1) is 10.3. The molecule has 2 aromatic rings. The first kappa shape index (κ1) is 15.4. The fraction of sp³-hybridized carbons (Fsp3) is 0.579. The van der Waals surface area contributed by atoms with E-state index in [1.807, 2.05) is 12.1 Å². The number of furan rings is 1. The lowest BCUT2D eigenvalue weighted by Gasteiger charge is -2.40. The van der Waals surface area contributed by atoms with Gasteiger partial charge in [0.15, 0.2) is 0 Å². The van der Waals surface area contributed by atoms with Gasteiger partial charge in [-0.2, -0.15) is 0 Å². The molecule has 1 aromatic carbocycles. The van der Waals surface area contributed by atoms with E-state index in [2.05, 4.69) is 52.1 Å².